The van der Waals surface area contributed by atoms with Crippen LogP contribution in [0, 0.1) is 0 Å². The average molecular weight is 262 g/mol. The first kappa shape index (κ1) is 13.0. The maximum Gasteiger partial charge on any atom is 0.133 e. The van der Waals surface area contributed by atoms with Crippen LogP contribution in [0.2, 0.25) is 5.02 Å². The molecule has 3 nitrogen and oxygen atoms in total. The Morgan fingerprint density at radius 2 is 2.06 bits per heavy atom. The van der Waals surface area contributed by atoms with E-state index in [0.717, 1.165) is 35.2 Å². The monoisotopic (exact) mass is 261 g/mol. The van der Waals surface area contributed by atoms with E-state index in [9.17, 15) is 0 Å². The van der Waals surface area contributed by atoms with Gasteiger partial charge in [-0.25, -0.2) is 9.97 Å². The van der Waals surface area contributed by atoms with Crippen LogP contribution in [0.3, 0.4) is 0 Å². The highest BCUT2D eigenvalue weighted by Crippen LogP contribution is 2.17. The molecule has 0 saturated carbocycles. The molecule has 1 aromatic heterocycles. The molecule has 0 amide bonds. The summed E-state index contributed by atoms with van der Waals surface area (Å²) in [7, 11) is 0. The lowest BCUT2D eigenvalue weighted by molar-refractivity contribution is 0.702. The van der Waals surface area contributed by atoms with Gasteiger partial charge in [-0.2, -0.15) is 0 Å². The zero-order chi connectivity index (χ0) is 12.8. The Labute approximate surface area is 112 Å². The molecule has 0 fully saturated rings. The Kier molecular flexibility index (Phi) is 4.67. The fourth-order valence-electron chi connectivity index (χ4n) is 1.69. The van der Waals surface area contributed by atoms with Crippen LogP contribution in [-0.4, -0.2) is 16.5 Å². The van der Waals surface area contributed by atoms with Crippen molar-refractivity contribution in [3.8, 4) is 0 Å². The summed E-state index contributed by atoms with van der Waals surface area (Å²) in [4.78, 5) is 8.80. The summed E-state index contributed by atoms with van der Waals surface area (Å²) in [6.45, 7) is 3.78. The van der Waals surface area contributed by atoms with Crippen molar-refractivity contribution >= 4 is 11.6 Å². The molecular formula is C14H16ClN3. The molecule has 0 aliphatic rings. The van der Waals surface area contributed by atoms with Crippen LogP contribution in [0.15, 0.2) is 36.5 Å². The van der Waals surface area contributed by atoms with Crippen LogP contribution in [0.5, 0.6) is 0 Å². The molecule has 0 aliphatic heterocycles. The summed E-state index contributed by atoms with van der Waals surface area (Å²) < 4.78 is 0. The standard InChI is InChI=1S/C14H16ClN3/c1-2-16-10-12-7-8-17-14(18-12)9-11-5-3-4-6-13(11)15/h3-8,16H,2,9-10H2,1H3. The normalized spacial score (nSPS) is 10.6. The van der Waals surface area contributed by atoms with Crippen LogP contribution in [-0.2, 0) is 13.0 Å². The number of hydrogen-bond donors (Lipinski definition) is 1. The lowest BCUT2D eigenvalue weighted by Gasteiger charge is -2.05. The summed E-state index contributed by atoms with van der Waals surface area (Å²) in [5, 5.41) is 4.01. The van der Waals surface area contributed by atoms with Crippen LogP contribution in [0.25, 0.3) is 0 Å². The lowest BCUT2D eigenvalue weighted by atomic mass is 10.1. The third kappa shape index (κ3) is 3.52. The van der Waals surface area contributed by atoms with Gasteiger partial charge in [0.25, 0.3) is 0 Å². The third-order valence-corrected chi connectivity index (χ3v) is 2.99. The van der Waals surface area contributed by atoms with Gasteiger partial charge >= 0.3 is 0 Å². The number of rotatable bonds is 5. The smallest absolute Gasteiger partial charge is 0.133 e. The molecule has 4 heteroatoms. The van der Waals surface area contributed by atoms with E-state index in [2.05, 4.69) is 22.2 Å². The van der Waals surface area contributed by atoms with E-state index in [1.807, 2.05) is 30.3 Å². The van der Waals surface area contributed by atoms with E-state index in [-0.39, 0.29) is 0 Å². The number of benzene rings is 1. The van der Waals surface area contributed by atoms with Crippen molar-refractivity contribution < 1.29 is 0 Å². The second kappa shape index (κ2) is 6.47. The largest absolute Gasteiger partial charge is 0.311 e. The summed E-state index contributed by atoms with van der Waals surface area (Å²) in [5.74, 6) is 0.804. The van der Waals surface area contributed by atoms with Crippen molar-refractivity contribution in [3.63, 3.8) is 0 Å². The van der Waals surface area contributed by atoms with Crippen LogP contribution in [0.1, 0.15) is 24.0 Å². The molecule has 0 unspecified atom stereocenters. The minimum Gasteiger partial charge on any atom is -0.311 e. The average Bonchev–Trinajstić information content (AvgIpc) is 2.40. The molecule has 0 saturated heterocycles. The summed E-state index contributed by atoms with van der Waals surface area (Å²) in [5.41, 5.74) is 2.06. The van der Waals surface area contributed by atoms with Gasteiger partial charge in [-0.15, -0.1) is 0 Å². The topological polar surface area (TPSA) is 37.8 Å². The van der Waals surface area contributed by atoms with Crippen molar-refractivity contribution in [3.05, 3.63) is 58.6 Å². The Bertz CT molecular complexity index is 514. The molecule has 2 aromatic rings. The third-order valence-electron chi connectivity index (χ3n) is 2.63. The van der Waals surface area contributed by atoms with Crippen molar-refractivity contribution in [2.24, 2.45) is 0 Å². The minimum absolute atomic E-state index is 0.666. The highest BCUT2D eigenvalue weighted by molar-refractivity contribution is 6.31. The minimum atomic E-state index is 0.666. The molecule has 0 bridgehead atoms. The number of hydrogen-bond acceptors (Lipinski definition) is 3. The van der Waals surface area contributed by atoms with Crippen LogP contribution >= 0.6 is 11.6 Å². The molecule has 94 valence electrons. The predicted octanol–water partition coefficient (Wildman–Crippen LogP) is 2.83. The summed E-state index contributed by atoms with van der Waals surface area (Å²) in [6, 6.07) is 9.72. The summed E-state index contributed by atoms with van der Waals surface area (Å²) in [6.07, 6.45) is 2.46. The molecule has 2 rings (SSSR count). The maximum absolute atomic E-state index is 6.13. The van der Waals surface area contributed by atoms with Gasteiger partial charge in [0.05, 0.1) is 5.69 Å². The van der Waals surface area contributed by atoms with E-state index >= 15 is 0 Å². The summed E-state index contributed by atoms with van der Waals surface area (Å²) >= 11 is 6.13. The fourth-order valence-corrected chi connectivity index (χ4v) is 1.89. The maximum atomic E-state index is 6.13. The van der Waals surface area contributed by atoms with Gasteiger partial charge in [0, 0.05) is 24.2 Å². The quantitative estimate of drug-likeness (QED) is 0.899. The molecule has 0 spiro atoms. The van der Waals surface area contributed by atoms with Crippen molar-refractivity contribution in [1.29, 1.82) is 0 Å². The van der Waals surface area contributed by atoms with Gasteiger partial charge < -0.3 is 5.32 Å². The van der Waals surface area contributed by atoms with E-state index in [0.29, 0.717) is 6.42 Å². The molecule has 18 heavy (non-hydrogen) atoms. The highest BCUT2D eigenvalue weighted by Gasteiger charge is 2.04. The Balaban J connectivity index is 2.12. The first-order chi connectivity index (χ1) is 8.79. The van der Waals surface area contributed by atoms with Gasteiger partial charge in [0.15, 0.2) is 0 Å². The first-order valence-electron chi connectivity index (χ1n) is 6.04. The molecule has 0 radical (unpaired) electrons. The highest BCUT2D eigenvalue weighted by atomic mass is 35.5. The van der Waals surface area contributed by atoms with Crippen LogP contribution in [0.4, 0.5) is 0 Å². The van der Waals surface area contributed by atoms with Gasteiger partial charge in [0.2, 0.25) is 0 Å². The number of halogens is 1. The molecule has 0 atom stereocenters. The van der Waals surface area contributed by atoms with Crippen molar-refractivity contribution in [2.45, 2.75) is 19.9 Å². The van der Waals surface area contributed by atoms with Crippen molar-refractivity contribution in [2.75, 3.05) is 6.54 Å². The molecule has 1 heterocycles. The van der Waals surface area contributed by atoms with Crippen molar-refractivity contribution in [1.82, 2.24) is 15.3 Å². The second-order valence-electron chi connectivity index (χ2n) is 4.01. The van der Waals surface area contributed by atoms with Gasteiger partial charge in [0.1, 0.15) is 5.82 Å². The lowest BCUT2D eigenvalue weighted by Crippen LogP contribution is -2.13. The van der Waals surface area contributed by atoms with E-state index in [4.69, 9.17) is 11.6 Å². The SMILES string of the molecule is CCNCc1ccnc(Cc2ccccc2Cl)n1. The molecular weight excluding hydrogens is 246 g/mol. The second-order valence-corrected chi connectivity index (χ2v) is 4.42. The molecule has 1 N–H and O–H groups in total. The predicted molar refractivity (Wildman–Crippen MR) is 73.7 cm³/mol. The number of nitrogens with zero attached hydrogens (tertiary/aromatic N) is 2. The van der Waals surface area contributed by atoms with Gasteiger partial charge in [-0.1, -0.05) is 36.7 Å². The number of aromatic nitrogens is 2. The molecule has 1 aromatic carbocycles. The van der Waals surface area contributed by atoms with Crippen LogP contribution < -0.4 is 5.32 Å². The van der Waals surface area contributed by atoms with E-state index in [1.165, 1.54) is 0 Å². The Morgan fingerprint density at radius 3 is 2.83 bits per heavy atom. The zero-order valence-corrected chi connectivity index (χ0v) is 11.1. The first-order valence-corrected chi connectivity index (χ1v) is 6.42. The van der Waals surface area contributed by atoms with Gasteiger partial charge in [-0.05, 0) is 24.2 Å². The Hall–Kier alpha value is -1.45. The molecule has 0 aliphatic carbocycles. The Morgan fingerprint density at radius 1 is 1.22 bits per heavy atom. The fraction of sp³-hybridized carbons (Fsp3) is 0.286. The number of nitrogens with one attached hydrogen (secondary N) is 1. The van der Waals surface area contributed by atoms with E-state index in [1.54, 1.807) is 6.20 Å². The van der Waals surface area contributed by atoms with Gasteiger partial charge in [-0.3, -0.25) is 0 Å². The zero-order valence-electron chi connectivity index (χ0n) is 10.4. The van der Waals surface area contributed by atoms with E-state index < -0.39 is 0 Å².